The number of fused-ring (bicyclic) bond motifs is 3. The van der Waals surface area contributed by atoms with Crippen molar-refractivity contribution in [3.63, 3.8) is 0 Å². The molecule has 8 aromatic rings. The van der Waals surface area contributed by atoms with E-state index in [4.69, 9.17) is 0 Å². The van der Waals surface area contributed by atoms with Gasteiger partial charge in [0.2, 0.25) is 6.41 Å². The number of aryl methyl sites for hydroxylation is 1. The molecule has 8 rings (SSSR count). The topological polar surface area (TPSA) is 42.3 Å². The number of imide groups is 1. The zero-order valence-corrected chi connectivity index (χ0v) is 33.2. The molecule has 0 bridgehead atoms. The molecule has 0 saturated carbocycles. The maximum absolute atomic E-state index is 14.9. The van der Waals surface area contributed by atoms with Gasteiger partial charge in [-0.25, -0.2) is 4.90 Å². The molecular weight excluding hydrogens is 877 g/mol. The van der Waals surface area contributed by atoms with Gasteiger partial charge >= 0.3 is 24.7 Å². The van der Waals surface area contributed by atoms with Gasteiger partial charge in [-0.05, 0) is 101 Å². The summed E-state index contributed by atoms with van der Waals surface area (Å²) in [5.41, 5.74) is -6.15. The Morgan fingerprint density at radius 1 is 0.477 bits per heavy atom. The normalized spacial score (nSPS) is 12.5. The van der Waals surface area contributed by atoms with Crippen molar-refractivity contribution in [2.75, 3.05) is 4.90 Å². The number of rotatable bonds is 7. The third kappa shape index (κ3) is 8.43. The molecule has 0 unspecified atom stereocenters. The maximum Gasteiger partial charge on any atom is 0.416 e. The fraction of sp³-hybridized carbons (Fsp3) is 0.102. The molecule has 65 heavy (non-hydrogen) atoms. The molecule has 0 fully saturated rings. The highest BCUT2D eigenvalue weighted by Crippen LogP contribution is 2.44. The predicted molar refractivity (Wildman–Crippen MR) is 221 cm³/mol. The molecule has 4 nitrogen and oxygen atoms in total. The largest absolute Gasteiger partial charge is 0.416 e. The fourth-order valence-electron chi connectivity index (χ4n) is 7.88. The number of carbonyl (C=O) groups excluding carboxylic acids is 2. The van der Waals surface area contributed by atoms with E-state index in [2.05, 4.69) is 0 Å². The highest BCUT2D eigenvalue weighted by molar-refractivity contribution is 6.20. The van der Waals surface area contributed by atoms with Crippen molar-refractivity contribution >= 4 is 39.8 Å². The second-order valence-electron chi connectivity index (χ2n) is 15.0. The van der Waals surface area contributed by atoms with E-state index >= 15 is 0 Å². The zero-order valence-electron chi connectivity index (χ0n) is 33.2. The molecule has 0 saturated heterocycles. The van der Waals surface area contributed by atoms with E-state index in [1.165, 1.54) is 72.2 Å². The van der Waals surface area contributed by atoms with Crippen molar-refractivity contribution in [1.29, 1.82) is 0 Å². The summed E-state index contributed by atoms with van der Waals surface area (Å²) < 4.78 is 170. The van der Waals surface area contributed by atoms with Gasteiger partial charge < -0.3 is 4.57 Å². The number of alkyl halides is 12. The van der Waals surface area contributed by atoms with Crippen LogP contribution in [0.2, 0.25) is 0 Å². The number of hydrogen-bond donors (Lipinski definition) is 0. The first-order valence-corrected chi connectivity index (χ1v) is 19.3. The molecule has 7 aromatic carbocycles. The van der Waals surface area contributed by atoms with Crippen LogP contribution in [-0.4, -0.2) is 16.9 Å². The van der Waals surface area contributed by atoms with Crippen molar-refractivity contribution < 1.29 is 62.3 Å². The molecule has 1 aromatic heterocycles. The Kier molecular flexibility index (Phi) is 10.9. The van der Waals surface area contributed by atoms with Gasteiger partial charge in [-0.1, -0.05) is 84.9 Å². The molecule has 16 heteroatoms. The minimum absolute atomic E-state index is 0.00612. The SMILES string of the molecule is Cc1cccc(-n2c3cc(-c4cc(C(F)(F)F)cc(C(F)(F)F)c4)ccc3c3ccc(-c4cc(C(F)(F)F)cc(C(F)(F)F)c4)cc32)c1C(=O)N(C=O)c1ccccc1-c1ccccc1. The first kappa shape index (κ1) is 44.3. The third-order valence-electron chi connectivity index (χ3n) is 10.9. The molecule has 0 N–H and O–H groups in total. The predicted octanol–water partition coefficient (Wildman–Crippen LogP) is 15.0. The van der Waals surface area contributed by atoms with Crippen LogP contribution in [0.4, 0.5) is 58.4 Å². The van der Waals surface area contributed by atoms with Crippen molar-refractivity contribution in [3.05, 3.63) is 179 Å². The number of nitrogens with zero attached hydrogens (tertiary/aromatic N) is 2. The minimum Gasteiger partial charge on any atom is -0.308 e. The summed E-state index contributed by atoms with van der Waals surface area (Å²) in [6, 6.07) is 29.6. The molecule has 0 atom stereocenters. The summed E-state index contributed by atoms with van der Waals surface area (Å²) in [6.45, 7) is 1.54. The van der Waals surface area contributed by atoms with E-state index in [-0.39, 0.29) is 67.6 Å². The lowest BCUT2D eigenvalue weighted by atomic mass is 9.97. The number of para-hydroxylation sites is 1. The van der Waals surface area contributed by atoms with Gasteiger partial charge in [0.05, 0.1) is 50.2 Å². The minimum atomic E-state index is -5.19. The number of benzene rings is 7. The Hall–Kier alpha value is -7.36. The van der Waals surface area contributed by atoms with Gasteiger partial charge in [0.25, 0.3) is 5.91 Å². The van der Waals surface area contributed by atoms with Crippen LogP contribution in [0.3, 0.4) is 0 Å². The smallest absolute Gasteiger partial charge is 0.308 e. The van der Waals surface area contributed by atoms with E-state index in [0.29, 0.717) is 41.8 Å². The van der Waals surface area contributed by atoms with Crippen LogP contribution in [0.15, 0.2) is 146 Å². The van der Waals surface area contributed by atoms with Crippen LogP contribution < -0.4 is 4.90 Å². The van der Waals surface area contributed by atoms with Crippen LogP contribution in [0, 0.1) is 6.92 Å². The van der Waals surface area contributed by atoms with E-state index in [9.17, 15) is 62.3 Å². The second kappa shape index (κ2) is 16.0. The zero-order chi connectivity index (χ0) is 46.8. The van der Waals surface area contributed by atoms with Gasteiger partial charge in [-0.2, -0.15) is 52.7 Å². The van der Waals surface area contributed by atoms with E-state index in [1.54, 1.807) is 48.5 Å². The Balaban J connectivity index is 1.43. The maximum atomic E-state index is 14.9. The Morgan fingerprint density at radius 2 is 0.923 bits per heavy atom. The summed E-state index contributed by atoms with van der Waals surface area (Å²) in [5.74, 6) is -0.890. The molecular formula is C49H28F12N2O2. The van der Waals surface area contributed by atoms with E-state index in [0.717, 1.165) is 4.90 Å². The Labute approximate surface area is 360 Å². The molecule has 0 spiro atoms. The lowest BCUT2D eigenvalue weighted by molar-refractivity contribution is -0.144. The summed E-state index contributed by atoms with van der Waals surface area (Å²) in [7, 11) is 0. The molecule has 0 aliphatic carbocycles. The molecule has 0 aliphatic heterocycles. The highest BCUT2D eigenvalue weighted by Gasteiger charge is 2.39. The summed E-state index contributed by atoms with van der Waals surface area (Å²) in [4.78, 5) is 28.8. The van der Waals surface area contributed by atoms with Crippen LogP contribution in [0.25, 0.3) is 60.9 Å². The third-order valence-corrected chi connectivity index (χ3v) is 10.9. The highest BCUT2D eigenvalue weighted by atomic mass is 19.4. The van der Waals surface area contributed by atoms with Gasteiger partial charge in [-0.15, -0.1) is 0 Å². The summed E-state index contributed by atoms with van der Waals surface area (Å²) in [5, 5.41) is 0.555. The Morgan fingerprint density at radius 3 is 1.37 bits per heavy atom. The van der Waals surface area contributed by atoms with Gasteiger partial charge in [0, 0.05) is 16.3 Å². The average Bonchev–Trinajstić information content (AvgIpc) is 3.58. The molecule has 0 aliphatic rings. The van der Waals surface area contributed by atoms with Gasteiger partial charge in [0.1, 0.15) is 0 Å². The van der Waals surface area contributed by atoms with E-state index < -0.39 is 64.0 Å². The summed E-state index contributed by atoms with van der Waals surface area (Å²) in [6.07, 6.45) is -20.5. The quantitative estimate of drug-likeness (QED) is 0.118. The fourth-order valence-corrected chi connectivity index (χ4v) is 7.88. The number of carbonyl (C=O) groups is 2. The monoisotopic (exact) mass is 904 g/mol. The van der Waals surface area contributed by atoms with Crippen molar-refractivity contribution in [3.8, 4) is 39.1 Å². The van der Waals surface area contributed by atoms with Crippen molar-refractivity contribution in [2.45, 2.75) is 31.6 Å². The molecule has 1 heterocycles. The Bertz CT molecular complexity index is 2970. The molecule has 2 amide bonds. The number of hydrogen-bond acceptors (Lipinski definition) is 2. The van der Waals surface area contributed by atoms with Crippen molar-refractivity contribution in [1.82, 2.24) is 4.57 Å². The molecule has 0 radical (unpaired) electrons. The molecule has 330 valence electrons. The van der Waals surface area contributed by atoms with Gasteiger partial charge in [-0.3, -0.25) is 9.59 Å². The lowest BCUT2D eigenvalue weighted by Gasteiger charge is -2.23. The first-order chi connectivity index (χ1) is 30.5. The van der Waals surface area contributed by atoms with Crippen LogP contribution in [0.5, 0.6) is 0 Å². The van der Waals surface area contributed by atoms with Crippen LogP contribution in [0.1, 0.15) is 38.2 Å². The number of aromatic nitrogens is 1. The van der Waals surface area contributed by atoms with Crippen LogP contribution >= 0.6 is 0 Å². The first-order valence-electron chi connectivity index (χ1n) is 19.3. The number of halogens is 12. The second-order valence-corrected chi connectivity index (χ2v) is 15.0. The average molecular weight is 905 g/mol. The van der Waals surface area contributed by atoms with Crippen LogP contribution in [-0.2, 0) is 29.5 Å². The van der Waals surface area contributed by atoms with Crippen molar-refractivity contribution in [2.24, 2.45) is 0 Å². The summed E-state index contributed by atoms with van der Waals surface area (Å²) >= 11 is 0. The number of anilines is 1. The van der Waals surface area contributed by atoms with E-state index in [1.807, 2.05) is 0 Å². The standard InChI is InChI=1S/C49H28F12N2O2/c1-27-8-7-13-41(44(27)45(65)62(26-64)40-12-6-5-11-37(40)28-9-3-2-4-10-28)63-42-22-29(31-18-33(46(50,51)52)24-34(19-31)47(53,54)55)14-16-38(42)39-17-15-30(23-43(39)63)32-20-35(48(56,57)58)25-36(21-32)49(59,60)61/h2-26H,1H3. The number of amides is 2. The lowest BCUT2D eigenvalue weighted by Crippen LogP contribution is -2.31. The van der Waals surface area contributed by atoms with Gasteiger partial charge in [0.15, 0.2) is 0 Å².